The zero-order chi connectivity index (χ0) is 16.4. The molecule has 0 saturated carbocycles. The van der Waals surface area contributed by atoms with E-state index in [-0.39, 0.29) is 5.91 Å². The van der Waals surface area contributed by atoms with Gasteiger partial charge in [0.1, 0.15) is 0 Å². The quantitative estimate of drug-likeness (QED) is 0.429. The molecule has 0 fully saturated rings. The number of rotatable bonds is 3. The molecule has 3 rings (SSSR count). The summed E-state index contributed by atoms with van der Waals surface area (Å²) in [4.78, 5) is 15.4. The maximum absolute atomic E-state index is 12.4. The van der Waals surface area contributed by atoms with Gasteiger partial charge in [-0.2, -0.15) is 0 Å². The average Bonchev–Trinajstić information content (AvgIpc) is 2.96. The highest BCUT2D eigenvalue weighted by Crippen LogP contribution is 2.20. The van der Waals surface area contributed by atoms with E-state index >= 15 is 0 Å². The van der Waals surface area contributed by atoms with Crippen LogP contribution in [-0.2, 0) is 0 Å². The molecule has 4 nitrogen and oxygen atoms in total. The van der Waals surface area contributed by atoms with Crippen LogP contribution in [0.1, 0.15) is 10.4 Å². The Morgan fingerprint density at radius 1 is 1.26 bits per heavy atom. The van der Waals surface area contributed by atoms with Crippen LogP contribution >= 0.6 is 46.4 Å². The molecule has 1 aromatic heterocycles. The number of H-pyrrole nitrogens is 1. The van der Waals surface area contributed by atoms with Crippen molar-refractivity contribution in [2.24, 2.45) is 0 Å². The summed E-state index contributed by atoms with van der Waals surface area (Å²) in [6, 6.07) is 12.7. The first-order chi connectivity index (χ1) is 11.0. The number of benzene rings is 2. The zero-order valence-electron chi connectivity index (χ0n) is 11.7. The van der Waals surface area contributed by atoms with Crippen molar-refractivity contribution in [2.75, 3.05) is 5.32 Å². The van der Waals surface area contributed by atoms with Gasteiger partial charge in [0.2, 0.25) is 0 Å². The maximum Gasteiger partial charge on any atom is 0.256 e. The van der Waals surface area contributed by atoms with Crippen molar-refractivity contribution in [1.82, 2.24) is 9.55 Å². The Balaban J connectivity index is 1.89. The molecule has 0 unspecified atom stereocenters. The summed E-state index contributed by atoms with van der Waals surface area (Å²) in [5.74, 6) is -0.202. The molecular formula is C16H11ClIN3OS. The Labute approximate surface area is 156 Å². The number of anilines is 1. The fourth-order valence-corrected chi connectivity index (χ4v) is 3.11. The molecule has 0 saturated heterocycles. The lowest BCUT2D eigenvalue weighted by Crippen LogP contribution is -2.13. The number of imidazole rings is 1. The van der Waals surface area contributed by atoms with E-state index in [0.29, 0.717) is 21.0 Å². The monoisotopic (exact) mass is 455 g/mol. The number of hydrogen-bond acceptors (Lipinski definition) is 2. The highest BCUT2D eigenvalue weighted by molar-refractivity contribution is 14.1. The summed E-state index contributed by atoms with van der Waals surface area (Å²) in [7, 11) is 0. The molecular weight excluding hydrogens is 445 g/mol. The Morgan fingerprint density at radius 2 is 2.09 bits per heavy atom. The highest BCUT2D eigenvalue weighted by atomic mass is 127. The van der Waals surface area contributed by atoms with Gasteiger partial charge >= 0.3 is 0 Å². The lowest BCUT2D eigenvalue weighted by Gasteiger charge is -2.09. The highest BCUT2D eigenvalue weighted by Gasteiger charge is 2.11. The first-order valence-corrected chi connectivity index (χ1v) is 8.54. The molecule has 2 aromatic carbocycles. The van der Waals surface area contributed by atoms with Gasteiger partial charge in [-0.1, -0.05) is 17.7 Å². The van der Waals surface area contributed by atoms with Crippen molar-refractivity contribution < 1.29 is 4.79 Å². The van der Waals surface area contributed by atoms with Crippen molar-refractivity contribution in [2.45, 2.75) is 0 Å². The number of nitrogens with zero attached hydrogens (tertiary/aromatic N) is 1. The van der Waals surface area contributed by atoms with Crippen LogP contribution in [0.4, 0.5) is 5.69 Å². The van der Waals surface area contributed by atoms with Crippen LogP contribution in [0.5, 0.6) is 0 Å². The summed E-state index contributed by atoms with van der Waals surface area (Å²) in [5, 5.41) is 3.42. The summed E-state index contributed by atoms with van der Waals surface area (Å²) < 4.78 is 3.26. The standard InChI is InChI=1S/C16H11ClIN3OS/c17-10-4-5-14(18)13(8-10)15(22)20-11-2-1-3-12(9-11)21-7-6-19-16(21)23/h1-9H,(H,19,23)(H,20,22). The third-order valence-corrected chi connectivity index (χ3v) is 4.69. The number of carbonyl (C=O) groups excluding carboxylic acids is 1. The molecule has 0 atom stereocenters. The van der Waals surface area contributed by atoms with Crippen LogP contribution in [-0.4, -0.2) is 15.5 Å². The second kappa shape index (κ2) is 6.86. The van der Waals surface area contributed by atoms with E-state index in [1.807, 2.05) is 41.1 Å². The maximum atomic E-state index is 12.4. The molecule has 116 valence electrons. The third-order valence-electron chi connectivity index (χ3n) is 3.20. The number of aromatic nitrogens is 2. The summed E-state index contributed by atoms with van der Waals surface area (Å²) >= 11 is 13.3. The molecule has 0 aliphatic carbocycles. The molecule has 0 spiro atoms. The average molecular weight is 456 g/mol. The lowest BCUT2D eigenvalue weighted by atomic mass is 10.2. The Hall–Kier alpha value is -1.64. The number of nitrogens with one attached hydrogen (secondary N) is 2. The van der Waals surface area contributed by atoms with Crippen molar-refractivity contribution in [3.8, 4) is 5.69 Å². The van der Waals surface area contributed by atoms with Crippen LogP contribution in [0.15, 0.2) is 54.9 Å². The molecule has 0 radical (unpaired) electrons. The molecule has 0 aliphatic heterocycles. The van der Waals surface area contributed by atoms with Gasteiger partial charge in [0, 0.05) is 32.4 Å². The second-order valence-electron chi connectivity index (χ2n) is 4.76. The molecule has 0 bridgehead atoms. The van der Waals surface area contributed by atoms with Crippen LogP contribution in [0, 0.1) is 8.34 Å². The molecule has 2 N–H and O–H groups in total. The van der Waals surface area contributed by atoms with Gasteiger partial charge in [-0.15, -0.1) is 0 Å². The molecule has 1 amide bonds. The van der Waals surface area contributed by atoms with Crippen LogP contribution in [0.25, 0.3) is 5.69 Å². The predicted octanol–water partition coefficient (Wildman–Crippen LogP) is 5.05. The van der Waals surface area contributed by atoms with Gasteiger partial charge in [0.15, 0.2) is 4.77 Å². The molecule has 7 heteroatoms. The topological polar surface area (TPSA) is 49.8 Å². The minimum atomic E-state index is -0.202. The van der Waals surface area contributed by atoms with E-state index in [0.717, 1.165) is 9.26 Å². The van der Waals surface area contributed by atoms with E-state index in [4.69, 9.17) is 23.8 Å². The van der Waals surface area contributed by atoms with Gasteiger partial charge in [-0.25, -0.2) is 0 Å². The molecule has 1 heterocycles. The van der Waals surface area contributed by atoms with Crippen LogP contribution < -0.4 is 5.32 Å². The van der Waals surface area contributed by atoms with Gasteiger partial charge < -0.3 is 10.3 Å². The van der Waals surface area contributed by atoms with Gasteiger partial charge in [0.05, 0.1) is 5.56 Å². The summed E-state index contributed by atoms with van der Waals surface area (Å²) in [6.07, 6.45) is 3.60. The number of aromatic amines is 1. The van der Waals surface area contributed by atoms with Crippen molar-refractivity contribution >= 4 is 58.0 Å². The molecule has 23 heavy (non-hydrogen) atoms. The zero-order valence-corrected chi connectivity index (χ0v) is 15.4. The Kier molecular flexibility index (Phi) is 4.84. The molecule has 3 aromatic rings. The molecule has 0 aliphatic rings. The number of carbonyl (C=O) groups is 1. The van der Waals surface area contributed by atoms with E-state index in [1.165, 1.54) is 0 Å². The van der Waals surface area contributed by atoms with E-state index in [2.05, 4.69) is 32.9 Å². The second-order valence-corrected chi connectivity index (χ2v) is 6.75. The SMILES string of the molecule is O=C(Nc1cccc(-n2cc[nH]c2=S)c1)c1cc(Cl)ccc1I. The van der Waals surface area contributed by atoms with E-state index < -0.39 is 0 Å². The fourth-order valence-electron chi connectivity index (χ4n) is 2.13. The van der Waals surface area contributed by atoms with E-state index in [1.54, 1.807) is 18.3 Å². The summed E-state index contributed by atoms with van der Waals surface area (Å²) in [5.41, 5.74) is 2.10. The number of hydrogen-bond donors (Lipinski definition) is 2. The van der Waals surface area contributed by atoms with Gasteiger partial charge in [0.25, 0.3) is 5.91 Å². The van der Waals surface area contributed by atoms with Gasteiger partial charge in [-0.05, 0) is 71.2 Å². The lowest BCUT2D eigenvalue weighted by molar-refractivity contribution is 0.102. The first kappa shape index (κ1) is 16.2. The first-order valence-electron chi connectivity index (χ1n) is 6.67. The predicted molar refractivity (Wildman–Crippen MR) is 103 cm³/mol. The number of halogens is 2. The normalized spacial score (nSPS) is 10.5. The Morgan fingerprint density at radius 3 is 2.83 bits per heavy atom. The Bertz CT molecular complexity index is 935. The number of amides is 1. The summed E-state index contributed by atoms with van der Waals surface area (Å²) in [6.45, 7) is 0. The van der Waals surface area contributed by atoms with E-state index in [9.17, 15) is 4.79 Å². The van der Waals surface area contributed by atoms with Crippen molar-refractivity contribution in [1.29, 1.82) is 0 Å². The fraction of sp³-hybridized carbons (Fsp3) is 0. The van der Waals surface area contributed by atoms with Crippen molar-refractivity contribution in [3.05, 3.63) is 73.8 Å². The third kappa shape index (κ3) is 3.65. The van der Waals surface area contributed by atoms with Crippen LogP contribution in [0.2, 0.25) is 5.02 Å². The van der Waals surface area contributed by atoms with Crippen LogP contribution in [0.3, 0.4) is 0 Å². The smallest absolute Gasteiger partial charge is 0.256 e. The minimum absolute atomic E-state index is 0.202. The van der Waals surface area contributed by atoms with Crippen molar-refractivity contribution in [3.63, 3.8) is 0 Å². The minimum Gasteiger partial charge on any atom is -0.337 e. The largest absolute Gasteiger partial charge is 0.337 e. The van der Waals surface area contributed by atoms with Gasteiger partial charge in [-0.3, -0.25) is 9.36 Å².